The van der Waals surface area contributed by atoms with E-state index >= 15 is 0 Å². The number of fused-ring (bicyclic) bond motifs is 1. The molecule has 0 bridgehead atoms. The van der Waals surface area contributed by atoms with Crippen LogP contribution >= 0.6 is 27.7 Å². The summed E-state index contributed by atoms with van der Waals surface area (Å²) >= 11 is 4.39. The number of aromatic amines is 1. The average Bonchev–Trinajstić information content (AvgIpc) is 3.19. The number of carbonyl (C=O) groups excluding carboxylic acids is 1. The molecule has 1 amide bonds. The second-order valence-electron chi connectivity index (χ2n) is 5.87. The molecule has 0 atom stereocenters. The second kappa shape index (κ2) is 7.60. The number of carbonyl (C=O) groups is 1. The van der Waals surface area contributed by atoms with Crippen LogP contribution in [0.3, 0.4) is 0 Å². The summed E-state index contributed by atoms with van der Waals surface area (Å²) in [7, 11) is 0. The van der Waals surface area contributed by atoms with Crippen LogP contribution in [0.5, 0.6) is 5.88 Å². The molecule has 2 aromatic carbocycles. The van der Waals surface area contributed by atoms with Crippen molar-refractivity contribution in [3.05, 3.63) is 67.5 Å². The average molecular weight is 472 g/mol. The number of nitro benzene ring substituents is 1. The van der Waals surface area contributed by atoms with Gasteiger partial charge in [0.25, 0.3) is 11.6 Å². The van der Waals surface area contributed by atoms with Gasteiger partial charge in [-0.25, -0.2) is 0 Å². The van der Waals surface area contributed by atoms with Gasteiger partial charge in [-0.05, 0) is 53.7 Å². The Labute approximate surface area is 175 Å². The predicted molar refractivity (Wildman–Crippen MR) is 113 cm³/mol. The molecule has 2 heterocycles. The number of benzene rings is 2. The third kappa shape index (κ3) is 3.96. The van der Waals surface area contributed by atoms with E-state index in [9.17, 15) is 20.0 Å². The van der Waals surface area contributed by atoms with Gasteiger partial charge in [-0.2, -0.15) is 4.99 Å². The molecule has 1 aliphatic heterocycles. The Morgan fingerprint density at radius 3 is 2.69 bits per heavy atom. The van der Waals surface area contributed by atoms with Crippen molar-refractivity contribution >= 4 is 67.1 Å². The van der Waals surface area contributed by atoms with Crippen molar-refractivity contribution in [2.45, 2.75) is 0 Å². The van der Waals surface area contributed by atoms with E-state index in [0.29, 0.717) is 21.4 Å². The third-order valence-corrected chi connectivity index (χ3v) is 5.32. The standard InChI is InChI=1S/C18H10BrN5O4S/c19-10-3-6-13-12(8-10)15(17(26)20-13)22-23-18-21-16(25)14(29-18)7-9-1-4-11(5-2-9)24(27)28/h1-8,20,26H/b14-7-,23-22?. The molecule has 0 fully saturated rings. The number of aromatic hydroxyl groups is 1. The van der Waals surface area contributed by atoms with E-state index in [-0.39, 0.29) is 22.4 Å². The number of nitrogens with one attached hydrogen (secondary N) is 1. The minimum absolute atomic E-state index is 0.0338. The number of amides is 1. The number of aromatic nitrogens is 1. The molecule has 0 aliphatic carbocycles. The zero-order valence-electron chi connectivity index (χ0n) is 14.4. The van der Waals surface area contributed by atoms with Crippen LogP contribution in [0.25, 0.3) is 17.0 Å². The molecule has 144 valence electrons. The number of azo groups is 1. The molecule has 0 saturated carbocycles. The summed E-state index contributed by atoms with van der Waals surface area (Å²) in [5.74, 6) is -0.619. The Bertz CT molecular complexity index is 1250. The minimum Gasteiger partial charge on any atom is -0.493 e. The van der Waals surface area contributed by atoms with Gasteiger partial charge in [0, 0.05) is 22.0 Å². The van der Waals surface area contributed by atoms with E-state index in [2.05, 4.69) is 36.1 Å². The molecule has 4 rings (SSSR count). The lowest BCUT2D eigenvalue weighted by molar-refractivity contribution is -0.384. The normalized spacial score (nSPS) is 15.6. The minimum atomic E-state index is -0.493. The molecule has 2 N–H and O–H groups in total. The quantitative estimate of drug-likeness (QED) is 0.231. The Balaban J connectivity index is 1.55. The second-order valence-corrected chi connectivity index (χ2v) is 7.80. The lowest BCUT2D eigenvalue weighted by Crippen LogP contribution is -1.89. The third-order valence-electron chi connectivity index (χ3n) is 3.96. The van der Waals surface area contributed by atoms with Crippen LogP contribution in [-0.2, 0) is 4.79 Å². The summed E-state index contributed by atoms with van der Waals surface area (Å²) in [6.07, 6.45) is 1.57. The molecule has 0 saturated heterocycles. The van der Waals surface area contributed by atoms with Crippen LogP contribution in [0.2, 0.25) is 0 Å². The maximum absolute atomic E-state index is 12.1. The van der Waals surface area contributed by atoms with E-state index in [4.69, 9.17) is 0 Å². The van der Waals surface area contributed by atoms with Gasteiger partial charge in [0.15, 0.2) is 5.69 Å². The van der Waals surface area contributed by atoms with Crippen molar-refractivity contribution in [3.8, 4) is 5.88 Å². The van der Waals surface area contributed by atoms with Crippen LogP contribution in [0.15, 0.2) is 67.1 Å². The summed E-state index contributed by atoms with van der Waals surface area (Å²) in [6, 6.07) is 11.2. The van der Waals surface area contributed by atoms with E-state index in [1.807, 2.05) is 6.07 Å². The topological polar surface area (TPSA) is 133 Å². The van der Waals surface area contributed by atoms with Crippen LogP contribution in [0.4, 0.5) is 11.4 Å². The van der Waals surface area contributed by atoms with Crippen molar-refractivity contribution < 1.29 is 14.8 Å². The van der Waals surface area contributed by atoms with Gasteiger partial charge in [0.2, 0.25) is 11.0 Å². The maximum Gasteiger partial charge on any atom is 0.286 e. The van der Waals surface area contributed by atoms with Crippen molar-refractivity contribution in [2.24, 2.45) is 15.2 Å². The van der Waals surface area contributed by atoms with E-state index < -0.39 is 10.8 Å². The lowest BCUT2D eigenvalue weighted by atomic mass is 10.2. The number of rotatable bonds is 3. The lowest BCUT2D eigenvalue weighted by Gasteiger charge is -1.96. The highest BCUT2D eigenvalue weighted by Crippen LogP contribution is 2.38. The Kier molecular flexibility index (Phi) is 4.99. The number of nitrogens with zero attached hydrogens (tertiary/aromatic N) is 4. The number of nitro groups is 1. The number of non-ortho nitro benzene ring substituents is 1. The number of amidine groups is 1. The molecule has 0 radical (unpaired) electrons. The smallest absolute Gasteiger partial charge is 0.286 e. The first-order valence-electron chi connectivity index (χ1n) is 8.09. The first-order valence-corrected chi connectivity index (χ1v) is 9.70. The van der Waals surface area contributed by atoms with Gasteiger partial charge < -0.3 is 10.1 Å². The summed E-state index contributed by atoms with van der Waals surface area (Å²) in [5, 5.41) is 29.6. The molecule has 29 heavy (non-hydrogen) atoms. The molecule has 0 spiro atoms. The highest BCUT2D eigenvalue weighted by Gasteiger charge is 2.22. The van der Waals surface area contributed by atoms with E-state index in [1.54, 1.807) is 30.3 Å². The highest BCUT2D eigenvalue weighted by atomic mass is 79.9. The van der Waals surface area contributed by atoms with Gasteiger partial charge in [0.1, 0.15) is 0 Å². The molecule has 0 unspecified atom stereocenters. The van der Waals surface area contributed by atoms with Crippen molar-refractivity contribution in [1.29, 1.82) is 0 Å². The van der Waals surface area contributed by atoms with Gasteiger partial charge in [-0.3, -0.25) is 14.9 Å². The molecule has 1 aromatic heterocycles. The van der Waals surface area contributed by atoms with Gasteiger partial charge in [-0.1, -0.05) is 15.9 Å². The number of hydrogen-bond donors (Lipinski definition) is 2. The van der Waals surface area contributed by atoms with Gasteiger partial charge >= 0.3 is 0 Å². The Morgan fingerprint density at radius 1 is 1.21 bits per heavy atom. The summed E-state index contributed by atoms with van der Waals surface area (Å²) in [6.45, 7) is 0. The van der Waals surface area contributed by atoms with Crippen LogP contribution in [0.1, 0.15) is 5.56 Å². The number of thioether (sulfide) groups is 1. The summed E-state index contributed by atoms with van der Waals surface area (Å²) < 4.78 is 0.816. The Morgan fingerprint density at radius 2 is 1.97 bits per heavy atom. The Hall–Kier alpha value is -3.31. The molecule has 3 aromatic rings. The molecular formula is C18H10BrN5O4S. The van der Waals surface area contributed by atoms with E-state index in [1.165, 1.54) is 12.1 Å². The summed E-state index contributed by atoms with van der Waals surface area (Å²) in [5.41, 5.74) is 1.52. The number of aliphatic imine (C=N–C) groups is 1. The van der Waals surface area contributed by atoms with Gasteiger partial charge in [-0.15, -0.1) is 10.2 Å². The fourth-order valence-corrected chi connectivity index (χ4v) is 3.71. The van der Waals surface area contributed by atoms with Crippen molar-refractivity contribution in [3.63, 3.8) is 0 Å². The fourth-order valence-electron chi connectivity index (χ4n) is 2.61. The molecule has 11 heteroatoms. The van der Waals surface area contributed by atoms with Crippen molar-refractivity contribution in [1.82, 2.24) is 4.98 Å². The predicted octanol–water partition coefficient (Wildman–Crippen LogP) is 5.30. The fraction of sp³-hybridized carbons (Fsp3) is 0. The summed E-state index contributed by atoms with van der Waals surface area (Å²) in [4.78, 5) is 29.3. The highest BCUT2D eigenvalue weighted by molar-refractivity contribution is 9.10. The zero-order chi connectivity index (χ0) is 20.5. The SMILES string of the molecule is O=C1N=C(N=Nc2c(O)[nH]c3ccc(Br)cc23)S/C1=C\c1ccc([N+](=O)[O-])cc1. The zero-order valence-corrected chi connectivity index (χ0v) is 16.8. The maximum atomic E-state index is 12.1. The first-order chi connectivity index (χ1) is 13.9. The van der Waals surface area contributed by atoms with Crippen LogP contribution in [-0.4, -0.2) is 26.1 Å². The largest absolute Gasteiger partial charge is 0.493 e. The molecule has 1 aliphatic rings. The molecule has 9 nitrogen and oxygen atoms in total. The van der Waals surface area contributed by atoms with Crippen LogP contribution < -0.4 is 0 Å². The van der Waals surface area contributed by atoms with E-state index in [0.717, 1.165) is 16.2 Å². The van der Waals surface area contributed by atoms with Crippen LogP contribution in [0, 0.1) is 10.1 Å². The monoisotopic (exact) mass is 471 g/mol. The number of H-pyrrole nitrogens is 1. The number of halogens is 1. The number of hydrogen-bond acceptors (Lipinski definition) is 7. The van der Waals surface area contributed by atoms with Gasteiger partial charge in [0.05, 0.1) is 15.3 Å². The molecular weight excluding hydrogens is 462 g/mol. The first kappa shape index (κ1) is 19.0. The van der Waals surface area contributed by atoms with Crippen molar-refractivity contribution in [2.75, 3.05) is 0 Å².